The molecule has 10 aromatic heterocycles. The van der Waals surface area contributed by atoms with Crippen LogP contribution in [0, 0.1) is 62.4 Å². The van der Waals surface area contributed by atoms with E-state index >= 15 is 0 Å². The zero-order chi connectivity index (χ0) is 128. The van der Waals surface area contributed by atoms with Gasteiger partial charge in [-0.3, -0.25) is 24.0 Å². The van der Waals surface area contributed by atoms with Crippen LogP contribution < -0.4 is 24.5 Å². The molecule has 5 aliphatic rings. The molecular weight excluding hydrogens is 1460 g/mol. The van der Waals surface area contributed by atoms with Crippen LogP contribution in [0.2, 0.25) is 0 Å². The van der Waals surface area contributed by atoms with Gasteiger partial charge in [0.15, 0.2) is 0 Å². The molecule has 0 aromatic carbocycles. The highest BCUT2D eigenvalue weighted by atomic mass is 16.2. The topological polar surface area (TPSA) is 347 Å². The Bertz CT molecular complexity index is 7720. The smallest absolute Gasteiger partial charge is 0.302 e. The fraction of sp³-hybridized carbons (Fsp3) is 0.500. The Morgan fingerprint density at radius 2 is 0.652 bits per heavy atom. The highest BCUT2D eigenvalue weighted by Crippen LogP contribution is 2.35. The fourth-order valence-corrected chi connectivity index (χ4v) is 10.9. The Kier molecular flexibility index (Phi) is 12.9. The lowest BCUT2D eigenvalue weighted by atomic mass is 9.92. The van der Waals surface area contributed by atoms with Gasteiger partial charge in [-0.2, -0.15) is 0 Å². The van der Waals surface area contributed by atoms with Crippen molar-refractivity contribution < 1.29 is 95.3 Å². The van der Waals surface area contributed by atoms with Crippen LogP contribution in [-0.4, -0.2) is 292 Å². The van der Waals surface area contributed by atoms with E-state index in [1.165, 1.54) is 69.3 Å². The number of H-pyrrole nitrogens is 5. The molecule has 115 heavy (non-hydrogen) atoms. The summed E-state index contributed by atoms with van der Waals surface area (Å²) in [4.78, 5) is 134. The zero-order valence-electron chi connectivity index (χ0n) is 112. The van der Waals surface area contributed by atoms with Gasteiger partial charge in [0.25, 0.3) is 32.7 Å². The van der Waals surface area contributed by atoms with Crippen LogP contribution in [0.3, 0.4) is 0 Å². The van der Waals surface area contributed by atoms with Crippen molar-refractivity contribution >= 4 is 114 Å². The van der Waals surface area contributed by atoms with Crippen LogP contribution in [0.5, 0.6) is 0 Å². The molecular formula is C80H100N30O5. The van der Waals surface area contributed by atoms with Crippen molar-refractivity contribution in [2.24, 2.45) is 29.5 Å². The molecule has 5 amide bonds. The number of carbonyl (C=O) groups excluding carboxylic acids is 5. The molecule has 5 fully saturated rings. The van der Waals surface area contributed by atoms with Gasteiger partial charge in [-0.05, 0) is 91.7 Å². The van der Waals surface area contributed by atoms with Crippen molar-refractivity contribution in [2.75, 3.05) is 157 Å². The van der Waals surface area contributed by atoms with Crippen molar-refractivity contribution in [3.05, 3.63) is 150 Å². The summed E-state index contributed by atoms with van der Waals surface area (Å²) < 4.78 is 433. The molecule has 0 saturated carbocycles. The first-order valence-electron chi connectivity index (χ1n) is 59.2. The molecule has 5 N–H and O–H groups in total. The van der Waals surface area contributed by atoms with Crippen LogP contribution in [0.25, 0.3) is 79.4 Å². The number of aromatic amines is 5. The summed E-state index contributed by atoms with van der Waals surface area (Å²) in [5, 5.41) is 1.17. The maximum atomic E-state index is 12.7. The molecule has 0 radical (unpaired) electrons. The summed E-state index contributed by atoms with van der Waals surface area (Å²) in [5.41, 5.74) is 1.26. The molecule has 5 saturated heterocycles. The average molecular weight is 1610 g/mol. The summed E-state index contributed by atoms with van der Waals surface area (Å²) in [6.45, 7) is -25.7. The second-order valence-electron chi connectivity index (χ2n) is 23.7. The second-order valence-corrected chi connectivity index (χ2v) is 23.7. The van der Waals surface area contributed by atoms with E-state index in [-0.39, 0.29) is 85.8 Å². The van der Waals surface area contributed by atoms with E-state index in [0.29, 0.717) is 27.0 Å². The molecule has 0 aliphatic carbocycles. The summed E-state index contributed by atoms with van der Waals surface area (Å²) in [7, 11) is 4.60. The lowest BCUT2D eigenvalue weighted by Crippen LogP contribution is -2.53. The summed E-state index contributed by atoms with van der Waals surface area (Å²) >= 11 is 0. The monoisotopic (exact) mass is 1610 g/mol. The maximum Gasteiger partial charge on any atom is 0.302 e. The van der Waals surface area contributed by atoms with Crippen molar-refractivity contribution in [1.82, 2.24) is 99.3 Å². The Balaban J connectivity index is 0.000000195. The van der Waals surface area contributed by atoms with E-state index in [4.69, 9.17) is 104 Å². The van der Waals surface area contributed by atoms with Gasteiger partial charge >= 0.3 is 29.5 Å². The van der Waals surface area contributed by atoms with Crippen LogP contribution in [-0.2, 0) is 24.0 Å². The number of nitrogens with zero attached hydrogens (tertiary/aromatic N) is 25. The van der Waals surface area contributed by atoms with Crippen molar-refractivity contribution in [3.63, 3.8) is 0 Å². The predicted octanol–water partition coefficient (Wildman–Crippen LogP) is 7.75. The van der Waals surface area contributed by atoms with Gasteiger partial charge in [0.1, 0.15) is 89.0 Å². The molecule has 0 unspecified atom stereocenters. The molecule has 35 heteroatoms. The number of carbonyl (C=O) groups is 5. The highest BCUT2D eigenvalue weighted by molar-refractivity contribution is 5.91. The number of likely N-dealkylation sites (N-methyl/N-ethyl adjacent to an activating group) is 5. The minimum atomic E-state index is -3.84. The summed E-state index contributed by atoms with van der Waals surface area (Å²) in [6, 6.07) is -5.96. The Morgan fingerprint density at radius 1 is 0.374 bits per heavy atom. The minimum Gasteiger partial charge on any atom is -0.354 e. The molecule has 5 aliphatic heterocycles. The molecule has 10 atom stereocenters. The number of piperidine rings is 5. The van der Waals surface area contributed by atoms with Crippen LogP contribution in [0.15, 0.2) is 93.0 Å². The normalized spacial score (nSPS) is 37.6. The van der Waals surface area contributed by atoms with Crippen LogP contribution in [0.1, 0.15) is 137 Å². The quantitative estimate of drug-likeness (QED) is 0.0612. The molecule has 35 nitrogen and oxygen atoms in total. The lowest BCUT2D eigenvalue weighted by Gasteiger charge is -2.41. The molecule has 600 valence electrons. The zero-order valence-corrected chi connectivity index (χ0v) is 60.4. The van der Waals surface area contributed by atoms with Gasteiger partial charge in [-0.15, -0.1) is 0 Å². The molecule has 10 aromatic rings. The van der Waals surface area contributed by atoms with Gasteiger partial charge < -0.3 is 98.1 Å². The first-order valence-corrected chi connectivity index (χ1v) is 33.2. The second kappa shape index (κ2) is 38.4. The van der Waals surface area contributed by atoms with E-state index in [9.17, 15) is 24.0 Å². The molecule has 15 heterocycles. The van der Waals surface area contributed by atoms with E-state index in [2.05, 4.69) is 99.0 Å². The number of hydrogen-bond donors (Lipinski definition) is 5. The lowest BCUT2D eigenvalue weighted by molar-refractivity contribution is -0.131. The first-order chi connectivity index (χ1) is 75.7. The van der Waals surface area contributed by atoms with E-state index in [0.717, 1.165) is 60.4 Å². The SMILES string of the molecule is [2H]C([2H])([2H])[C@@H]1C([2H])([2H])C([2H])([2H])N(C(=O)C[N+]#[C-])C([2H])([2H])[C@]1([2H])N(C)c1ncnc2[nH]ccc12.[2H]C([2H])([2H])[C@H]1[C@@H](N(C)c2ncnc3[nH]ccc23)C([2H])([2H])N(C(=O)C[N+]#[C-])C([2H])([2H])C1([2H])[2H].[2H]C([2H])([2H])[C@H]1[C@@H](N(c2ncnc3[nH]ccc23)C([2H])([2H])[2H])C([2H])([2H])N(C(=O)C[N+]#[C-])C([2H])([2H])C1([2H])[2H].[2H]C1([2H])N(C(=O)C[N+]#[C-])C([2H])([2H])[C@]([2H])(N(C)c2ncnc3[nH]ccc23)[C@]([2H])(C([2H])([2H])[2H])C1([2H])[2H].[2H]C1([2H])[C@H](N(C)c2ncnc3[nH]ccc23)[C@]([2H])(C([2H])([2H])[2H])C([2H])([2H])C([2H])([2H])N1C(=O)C[N+]#[C-]. The maximum absolute atomic E-state index is 12.7. The Morgan fingerprint density at radius 3 is 0.991 bits per heavy atom. The van der Waals surface area contributed by atoms with Gasteiger partial charge in [-0.1, -0.05) is 34.3 Å². The Hall–Kier alpha value is -13.1. The summed E-state index contributed by atoms with van der Waals surface area (Å²) in [5.74, 6) is -22.6. The number of rotatable bonds is 15. The number of anilines is 5. The minimum absolute atomic E-state index is 0.0248. The van der Waals surface area contributed by atoms with Gasteiger partial charge in [-0.25, -0.2) is 82.7 Å². The number of aromatic nitrogens is 15. The third-order valence-electron chi connectivity index (χ3n) is 16.5. The van der Waals surface area contributed by atoms with E-state index in [1.54, 1.807) is 6.07 Å². The fourth-order valence-electron chi connectivity index (χ4n) is 10.9. The van der Waals surface area contributed by atoms with Crippen molar-refractivity contribution in [1.29, 1.82) is 0 Å². The van der Waals surface area contributed by atoms with Gasteiger partial charge in [0, 0.05) is 186 Å². The third kappa shape index (κ3) is 19.2. The van der Waals surface area contributed by atoms with Gasteiger partial charge in [0.05, 0.1) is 73.5 Å². The first kappa shape index (κ1) is 38.6. The molecule has 0 bridgehead atoms. The molecule has 0 spiro atoms. The third-order valence-corrected chi connectivity index (χ3v) is 16.5. The Labute approximate surface area is 741 Å². The number of nitrogens with one attached hydrogen (secondary N) is 5. The van der Waals surface area contributed by atoms with E-state index < -0.39 is 266 Å². The highest BCUT2D eigenvalue weighted by Gasteiger charge is 2.39. The van der Waals surface area contributed by atoms with Crippen molar-refractivity contribution in [3.8, 4) is 0 Å². The van der Waals surface area contributed by atoms with Crippen LogP contribution >= 0.6 is 0 Å². The summed E-state index contributed by atoms with van der Waals surface area (Å²) in [6.07, 6.45) is -5.01. The number of likely N-dealkylation sites (tertiary alicyclic amines) is 5. The van der Waals surface area contributed by atoms with Crippen LogP contribution in [0.4, 0.5) is 29.1 Å². The molecule has 15 rings (SSSR count). The van der Waals surface area contributed by atoms with Crippen molar-refractivity contribution in [2.45, 2.75) is 96.3 Å². The average Bonchev–Trinajstić information content (AvgIpc) is 1.45. The number of hydrogen-bond acceptors (Lipinski definition) is 20. The standard InChI is InChI=1S/5C16H20N6O/c5*1-11-5-7-22(14(23)8-17-2)9-13(11)21(3)16-12-4-6-18-15(12)19-10-20-16/h5*4,6,10-11,13H,5,7-9H2,1,3H3,(H,18,19,20)/t5*11-,13+/m11111/s1/i1D3,5D2,7D2,9D2,11D,13D;1D3,5D2,7D2,9D2,13D;1D3,5D2,7D2,9D2,11D;1D3,3D3,5D2,7D2,9D2;1D3,5D2,7D2,9D2. The largest absolute Gasteiger partial charge is 0.354 e. The van der Waals surface area contributed by atoms with E-state index in [1.807, 2.05) is 0 Å². The number of fused-ring (bicyclic) bond motifs is 5. The van der Waals surface area contributed by atoms with Gasteiger partial charge in [0.2, 0.25) is 0 Å². The predicted molar refractivity (Wildman–Crippen MR) is 440 cm³/mol. The number of amides is 5.